The zero-order valence-electron chi connectivity index (χ0n) is 14.2. The van der Waals surface area contributed by atoms with E-state index in [1.54, 1.807) is 16.8 Å². The normalized spacial score (nSPS) is 22.4. The molecule has 0 bridgehead atoms. The Morgan fingerprint density at radius 1 is 1.32 bits per heavy atom. The number of carbonyl (C=O) groups excluding carboxylic acids is 1. The van der Waals surface area contributed by atoms with Crippen LogP contribution in [-0.2, 0) is 24.8 Å². The molecule has 4 rings (SSSR count). The van der Waals surface area contributed by atoms with Gasteiger partial charge in [0.1, 0.15) is 5.75 Å². The summed E-state index contributed by atoms with van der Waals surface area (Å²) in [7, 11) is 1.90. The molecule has 0 unspecified atom stereocenters. The fourth-order valence-corrected chi connectivity index (χ4v) is 3.89. The van der Waals surface area contributed by atoms with E-state index in [4.69, 9.17) is 0 Å². The van der Waals surface area contributed by atoms with E-state index in [1.165, 1.54) is 5.56 Å². The van der Waals surface area contributed by atoms with Gasteiger partial charge in [0, 0.05) is 45.3 Å². The summed E-state index contributed by atoms with van der Waals surface area (Å²) in [6.07, 6.45) is 4.71. The van der Waals surface area contributed by atoms with Gasteiger partial charge in [0.15, 0.2) is 0 Å². The van der Waals surface area contributed by atoms with Crippen LogP contribution in [0.5, 0.6) is 5.75 Å². The molecular weight excluding hydrogens is 340 g/mol. The van der Waals surface area contributed by atoms with Crippen molar-refractivity contribution in [1.82, 2.24) is 20.0 Å². The van der Waals surface area contributed by atoms with Crippen molar-refractivity contribution in [3.8, 4) is 5.75 Å². The molecule has 6 nitrogen and oxygen atoms in total. The van der Waals surface area contributed by atoms with Crippen molar-refractivity contribution in [3.63, 3.8) is 0 Å². The predicted octanol–water partition coefficient (Wildman–Crippen LogP) is 1.44. The fraction of sp³-hybridized carbons (Fsp3) is 0.444. The number of fused-ring (bicyclic) bond motifs is 1. The van der Waals surface area contributed by atoms with Crippen LogP contribution in [0.4, 0.5) is 0 Å². The van der Waals surface area contributed by atoms with Crippen molar-refractivity contribution in [2.45, 2.75) is 18.9 Å². The Balaban J connectivity index is 0.00000182. The highest BCUT2D eigenvalue weighted by molar-refractivity contribution is 5.85. The van der Waals surface area contributed by atoms with Crippen molar-refractivity contribution in [1.29, 1.82) is 0 Å². The third-order valence-electron chi connectivity index (χ3n) is 5.20. The third kappa shape index (κ3) is 3.37. The number of halogens is 1. The van der Waals surface area contributed by atoms with Crippen molar-refractivity contribution < 1.29 is 9.90 Å². The number of amides is 1. The summed E-state index contributed by atoms with van der Waals surface area (Å²) in [5.41, 5.74) is 3.40. The molecule has 1 amide bonds. The van der Waals surface area contributed by atoms with E-state index in [0.717, 1.165) is 30.6 Å². The minimum absolute atomic E-state index is 0. The van der Waals surface area contributed by atoms with Gasteiger partial charge in [0.2, 0.25) is 5.91 Å². The summed E-state index contributed by atoms with van der Waals surface area (Å²) in [5.74, 6) is 0.589. The first-order chi connectivity index (χ1) is 11.6. The number of hydrogen-bond acceptors (Lipinski definition) is 4. The maximum Gasteiger partial charge on any atom is 0.227 e. The molecule has 3 heterocycles. The van der Waals surface area contributed by atoms with Crippen LogP contribution in [0.15, 0.2) is 30.6 Å². The van der Waals surface area contributed by atoms with Gasteiger partial charge >= 0.3 is 0 Å². The number of aryl methyl sites for hydroxylation is 1. The Hall–Kier alpha value is -2.05. The van der Waals surface area contributed by atoms with Crippen LogP contribution >= 0.6 is 12.4 Å². The van der Waals surface area contributed by atoms with E-state index in [2.05, 4.69) is 10.4 Å². The molecule has 0 radical (unpaired) electrons. The molecule has 2 atom stereocenters. The Bertz CT molecular complexity index is 776. The van der Waals surface area contributed by atoms with Crippen LogP contribution in [-0.4, -0.2) is 45.3 Å². The molecule has 25 heavy (non-hydrogen) atoms. The lowest BCUT2D eigenvalue weighted by Crippen LogP contribution is -2.41. The zero-order valence-corrected chi connectivity index (χ0v) is 15.0. The van der Waals surface area contributed by atoms with Gasteiger partial charge in [0.05, 0.1) is 12.1 Å². The minimum atomic E-state index is -0.0481. The van der Waals surface area contributed by atoms with Crippen molar-refractivity contribution >= 4 is 18.3 Å². The smallest absolute Gasteiger partial charge is 0.227 e. The first kappa shape index (κ1) is 17.8. The Morgan fingerprint density at radius 3 is 2.92 bits per heavy atom. The molecule has 7 heteroatoms. The molecule has 2 aliphatic heterocycles. The standard InChI is InChI=1S/C18H22N4O2.ClH/c1-21-10-14(7-20-21)16-8-19-9-17(16)18(24)22-5-4-12-2-3-15(23)6-13(12)11-22;/h2-3,6-7,10,16-17,19,23H,4-5,8-9,11H2,1H3;1H/t16-,17+;/m1./s1. The number of carbonyl (C=O) groups is 1. The fourth-order valence-electron chi connectivity index (χ4n) is 3.89. The number of benzene rings is 1. The van der Waals surface area contributed by atoms with E-state index >= 15 is 0 Å². The molecule has 0 aliphatic carbocycles. The summed E-state index contributed by atoms with van der Waals surface area (Å²) in [5, 5.41) is 17.3. The van der Waals surface area contributed by atoms with E-state index in [9.17, 15) is 9.90 Å². The number of aromatic nitrogens is 2. The lowest BCUT2D eigenvalue weighted by molar-refractivity contribution is -0.136. The van der Waals surface area contributed by atoms with Crippen molar-refractivity contribution in [2.24, 2.45) is 13.0 Å². The number of phenols is 1. The van der Waals surface area contributed by atoms with Crippen molar-refractivity contribution in [3.05, 3.63) is 47.3 Å². The third-order valence-corrected chi connectivity index (χ3v) is 5.20. The number of aromatic hydroxyl groups is 1. The molecule has 1 saturated heterocycles. The van der Waals surface area contributed by atoms with Crippen LogP contribution in [0.25, 0.3) is 0 Å². The van der Waals surface area contributed by atoms with Gasteiger partial charge in [-0.05, 0) is 35.2 Å². The molecule has 1 aromatic heterocycles. The molecule has 1 fully saturated rings. The highest BCUT2D eigenvalue weighted by Gasteiger charge is 2.37. The topological polar surface area (TPSA) is 70.4 Å². The van der Waals surface area contributed by atoms with Gasteiger partial charge in [-0.1, -0.05) is 6.07 Å². The van der Waals surface area contributed by atoms with Gasteiger partial charge < -0.3 is 15.3 Å². The van der Waals surface area contributed by atoms with Gasteiger partial charge in [0.25, 0.3) is 0 Å². The first-order valence-electron chi connectivity index (χ1n) is 8.40. The molecule has 2 aliphatic rings. The van der Waals surface area contributed by atoms with Gasteiger partial charge in [-0.3, -0.25) is 9.48 Å². The van der Waals surface area contributed by atoms with E-state index in [-0.39, 0.29) is 35.9 Å². The quantitative estimate of drug-likeness (QED) is 0.848. The Labute approximate surface area is 153 Å². The van der Waals surface area contributed by atoms with E-state index < -0.39 is 0 Å². The largest absolute Gasteiger partial charge is 0.508 e. The summed E-state index contributed by atoms with van der Waals surface area (Å²) in [6, 6.07) is 5.46. The molecule has 2 aromatic rings. The second-order valence-electron chi connectivity index (χ2n) is 6.78. The van der Waals surface area contributed by atoms with Gasteiger partial charge in [-0.25, -0.2) is 0 Å². The molecular formula is C18H23ClN4O2. The summed E-state index contributed by atoms with van der Waals surface area (Å²) >= 11 is 0. The number of phenolic OH excluding ortho intramolecular Hbond substituents is 1. The lowest BCUT2D eigenvalue weighted by Gasteiger charge is -2.32. The Morgan fingerprint density at radius 2 is 2.16 bits per heavy atom. The highest BCUT2D eigenvalue weighted by atomic mass is 35.5. The zero-order chi connectivity index (χ0) is 16.7. The Kier molecular flexibility index (Phi) is 5.01. The van der Waals surface area contributed by atoms with E-state index in [1.807, 2.05) is 30.4 Å². The molecule has 0 saturated carbocycles. The van der Waals surface area contributed by atoms with Gasteiger partial charge in [-0.2, -0.15) is 5.10 Å². The SMILES string of the molecule is Cl.Cn1cc([C@H]2CNC[C@@H]2C(=O)N2CCc3ccc(O)cc3C2)cn1. The molecule has 1 aromatic carbocycles. The summed E-state index contributed by atoms with van der Waals surface area (Å²) in [6.45, 7) is 2.85. The number of nitrogens with one attached hydrogen (secondary N) is 1. The summed E-state index contributed by atoms with van der Waals surface area (Å²) in [4.78, 5) is 15.0. The van der Waals surface area contributed by atoms with Crippen LogP contribution < -0.4 is 5.32 Å². The average molecular weight is 363 g/mol. The number of rotatable bonds is 2. The second-order valence-corrected chi connectivity index (χ2v) is 6.78. The second kappa shape index (κ2) is 7.06. The summed E-state index contributed by atoms with van der Waals surface area (Å²) < 4.78 is 1.79. The number of nitrogens with zero attached hydrogens (tertiary/aromatic N) is 3. The molecule has 2 N–H and O–H groups in total. The van der Waals surface area contributed by atoms with Gasteiger partial charge in [-0.15, -0.1) is 12.4 Å². The highest BCUT2D eigenvalue weighted by Crippen LogP contribution is 2.31. The average Bonchev–Trinajstić information content (AvgIpc) is 3.22. The van der Waals surface area contributed by atoms with Crippen LogP contribution in [0.1, 0.15) is 22.6 Å². The van der Waals surface area contributed by atoms with Crippen LogP contribution in [0, 0.1) is 5.92 Å². The van der Waals surface area contributed by atoms with Crippen molar-refractivity contribution in [2.75, 3.05) is 19.6 Å². The first-order valence-corrected chi connectivity index (χ1v) is 8.40. The van der Waals surface area contributed by atoms with E-state index in [0.29, 0.717) is 13.1 Å². The molecule has 0 spiro atoms. The van der Waals surface area contributed by atoms with Crippen LogP contribution in [0.2, 0.25) is 0 Å². The maximum atomic E-state index is 13.1. The number of hydrogen-bond donors (Lipinski definition) is 2. The molecule has 134 valence electrons. The predicted molar refractivity (Wildman–Crippen MR) is 96.8 cm³/mol. The lowest BCUT2D eigenvalue weighted by atomic mass is 9.89. The minimum Gasteiger partial charge on any atom is -0.508 e. The van der Waals surface area contributed by atoms with Crippen LogP contribution in [0.3, 0.4) is 0 Å². The monoisotopic (exact) mass is 362 g/mol. The maximum absolute atomic E-state index is 13.1.